The van der Waals surface area contributed by atoms with Crippen molar-refractivity contribution >= 4 is 44.3 Å². The molecule has 1 saturated heterocycles. The van der Waals surface area contributed by atoms with Crippen LogP contribution in [0.3, 0.4) is 0 Å². The van der Waals surface area contributed by atoms with Crippen molar-refractivity contribution in [3.63, 3.8) is 0 Å². The molecule has 2 aliphatic rings. The Morgan fingerprint density at radius 1 is 1.26 bits per heavy atom. The fraction of sp³-hybridized carbons (Fsp3) is 0.500. The van der Waals surface area contributed by atoms with Gasteiger partial charge in [0, 0.05) is 29.9 Å². The molecule has 3 heterocycles. The van der Waals surface area contributed by atoms with Crippen LogP contribution in [0.25, 0.3) is 11.2 Å². The molecule has 7 nitrogen and oxygen atoms in total. The average Bonchev–Trinajstić information content (AvgIpc) is 3.26. The van der Waals surface area contributed by atoms with Gasteiger partial charge in [-0.2, -0.15) is 5.10 Å². The third-order valence-corrected chi connectivity index (χ3v) is 8.72. The first-order valence-corrected chi connectivity index (χ1v) is 12.6. The molecule has 1 aliphatic carbocycles. The zero-order valence-corrected chi connectivity index (χ0v) is 20.4. The molecule has 9 heteroatoms. The van der Waals surface area contributed by atoms with Gasteiger partial charge in [-0.1, -0.05) is 24.3 Å². The van der Waals surface area contributed by atoms with Crippen LogP contribution in [0.4, 0.5) is 5.82 Å². The van der Waals surface area contributed by atoms with Crippen LogP contribution in [0.15, 0.2) is 35.1 Å². The van der Waals surface area contributed by atoms with E-state index >= 15 is 0 Å². The highest BCUT2D eigenvalue weighted by Gasteiger charge is 2.50. The van der Waals surface area contributed by atoms with Crippen molar-refractivity contribution in [2.24, 2.45) is 5.41 Å². The van der Waals surface area contributed by atoms with Crippen LogP contribution in [-0.4, -0.2) is 42.6 Å². The Balaban J connectivity index is 1.39. The molecule has 2 atom stereocenters. The first kappa shape index (κ1) is 21.2. The van der Waals surface area contributed by atoms with E-state index in [0.29, 0.717) is 10.3 Å². The molecule has 1 fully saturated rings. The summed E-state index contributed by atoms with van der Waals surface area (Å²) in [6.45, 7) is 7.85. The Morgan fingerprint density at radius 2 is 2.00 bits per heavy atom. The van der Waals surface area contributed by atoms with Crippen molar-refractivity contribution in [3.8, 4) is 0 Å². The number of aromatic nitrogens is 4. The summed E-state index contributed by atoms with van der Waals surface area (Å²) >= 11 is 2.27. The highest BCUT2D eigenvalue weighted by atomic mass is 79.9. The summed E-state index contributed by atoms with van der Waals surface area (Å²) in [4.78, 5) is 11.5. The molecule has 31 heavy (non-hydrogen) atoms. The van der Waals surface area contributed by atoms with Crippen LogP contribution < -0.4 is 9.62 Å². The smallest absolute Gasteiger partial charge is 0.177 e. The predicted octanol–water partition coefficient (Wildman–Crippen LogP) is 4.05. The van der Waals surface area contributed by atoms with Crippen LogP contribution in [0.2, 0.25) is 0 Å². The molecule has 0 bridgehead atoms. The zero-order chi connectivity index (χ0) is 21.8. The van der Waals surface area contributed by atoms with Gasteiger partial charge in [0.05, 0.1) is 12.2 Å². The lowest BCUT2D eigenvalue weighted by Gasteiger charge is -2.44. The Bertz CT molecular complexity index is 1100. The number of aromatic amines is 1. The van der Waals surface area contributed by atoms with Crippen molar-refractivity contribution in [2.75, 3.05) is 18.0 Å². The van der Waals surface area contributed by atoms with E-state index in [9.17, 15) is 4.55 Å². The van der Waals surface area contributed by atoms with Crippen molar-refractivity contribution in [2.45, 2.75) is 50.8 Å². The van der Waals surface area contributed by atoms with Crippen LogP contribution in [0.1, 0.15) is 50.8 Å². The van der Waals surface area contributed by atoms with Gasteiger partial charge >= 0.3 is 0 Å². The van der Waals surface area contributed by atoms with Crippen molar-refractivity contribution < 1.29 is 4.55 Å². The number of nitrogens with one attached hydrogen (secondary N) is 2. The van der Waals surface area contributed by atoms with E-state index in [2.05, 4.69) is 65.0 Å². The van der Waals surface area contributed by atoms with Crippen LogP contribution >= 0.6 is 15.9 Å². The Kier molecular flexibility index (Phi) is 5.28. The summed E-state index contributed by atoms with van der Waals surface area (Å²) in [6, 6.07) is 8.72. The Hall–Kier alpha value is -1.68. The fourth-order valence-electron chi connectivity index (χ4n) is 4.82. The number of anilines is 1. The highest BCUT2D eigenvalue weighted by molar-refractivity contribution is 9.10. The number of nitrogens with zero attached hydrogens (tertiary/aromatic N) is 4. The third-order valence-electron chi connectivity index (χ3n) is 6.60. The normalized spacial score (nSPS) is 21.6. The minimum atomic E-state index is -1.12. The topological polar surface area (TPSA) is 92.8 Å². The monoisotopic (exact) mass is 502 g/mol. The van der Waals surface area contributed by atoms with E-state index in [4.69, 9.17) is 4.98 Å². The summed E-state index contributed by atoms with van der Waals surface area (Å²) in [5.41, 5.74) is 4.19. The molecule has 1 aromatic carbocycles. The molecular weight excluding hydrogens is 476 g/mol. The maximum absolute atomic E-state index is 13.0. The van der Waals surface area contributed by atoms with Crippen molar-refractivity contribution in [1.82, 2.24) is 24.9 Å². The van der Waals surface area contributed by atoms with Crippen molar-refractivity contribution in [3.05, 3.63) is 46.2 Å². The molecule has 164 valence electrons. The minimum Gasteiger partial charge on any atom is -0.598 e. The molecule has 2 aromatic heterocycles. The standard InChI is InChI=1S/C22H27BrN6OS/c1-21(2,3)31(30)28-18-15-7-5-4-6-14(15)12-22(18)8-10-29(11-9-22)16-13-24-17-19(23)26-27-20(17)25-16/h4-7,13,18,28H,8-12H2,1-3H3,(H,25,26,27)/t18-,31-/m1/s1. The molecule has 0 amide bonds. The molecule has 0 radical (unpaired) electrons. The van der Waals surface area contributed by atoms with Gasteiger partial charge in [0.2, 0.25) is 0 Å². The number of hydrogen-bond acceptors (Lipinski definition) is 6. The lowest BCUT2D eigenvalue weighted by Crippen LogP contribution is -2.49. The van der Waals surface area contributed by atoms with E-state index < -0.39 is 11.4 Å². The molecule has 1 aliphatic heterocycles. The number of benzene rings is 1. The SMILES string of the molecule is CC(C)(C)[S@@+]([O-])N[C@@H]1c2ccccc2CC12CCN(c1cnc3c(Br)n[nH]c3n1)CC2. The molecule has 1 spiro atoms. The van der Waals surface area contributed by atoms with E-state index in [-0.39, 0.29) is 16.2 Å². The van der Waals surface area contributed by atoms with Gasteiger partial charge in [-0.3, -0.25) is 5.10 Å². The predicted molar refractivity (Wildman–Crippen MR) is 127 cm³/mol. The zero-order valence-electron chi connectivity index (χ0n) is 18.0. The van der Waals surface area contributed by atoms with Gasteiger partial charge in [0.1, 0.15) is 16.1 Å². The Morgan fingerprint density at radius 3 is 2.74 bits per heavy atom. The van der Waals surface area contributed by atoms with E-state index in [1.165, 1.54) is 11.1 Å². The lowest BCUT2D eigenvalue weighted by atomic mass is 9.73. The van der Waals surface area contributed by atoms with E-state index in [1.807, 2.05) is 27.0 Å². The van der Waals surface area contributed by atoms with Gasteiger partial charge < -0.3 is 9.45 Å². The van der Waals surface area contributed by atoms with E-state index in [1.54, 1.807) is 0 Å². The van der Waals surface area contributed by atoms with Crippen LogP contribution in [0, 0.1) is 5.41 Å². The largest absolute Gasteiger partial charge is 0.598 e. The van der Waals surface area contributed by atoms with Gasteiger partial charge in [0.25, 0.3) is 0 Å². The number of hydrogen-bond donors (Lipinski definition) is 2. The maximum atomic E-state index is 13.0. The summed E-state index contributed by atoms with van der Waals surface area (Å²) in [5.74, 6) is 0.872. The number of halogens is 1. The lowest BCUT2D eigenvalue weighted by molar-refractivity contribution is 0.176. The number of rotatable bonds is 3. The average molecular weight is 503 g/mol. The third kappa shape index (κ3) is 3.75. The minimum absolute atomic E-state index is 0.0651. The second-order valence-corrected chi connectivity index (χ2v) is 12.3. The maximum Gasteiger partial charge on any atom is 0.177 e. The first-order chi connectivity index (χ1) is 14.8. The summed E-state index contributed by atoms with van der Waals surface area (Å²) < 4.78 is 16.9. The van der Waals surface area contributed by atoms with Crippen LogP contribution in [-0.2, 0) is 17.8 Å². The summed E-state index contributed by atoms with van der Waals surface area (Å²) in [6.07, 6.45) is 4.86. The van der Waals surface area contributed by atoms with Gasteiger partial charge in [-0.15, -0.1) is 4.72 Å². The van der Waals surface area contributed by atoms with Crippen LogP contribution in [0.5, 0.6) is 0 Å². The number of H-pyrrole nitrogens is 1. The van der Waals surface area contributed by atoms with Gasteiger partial charge in [-0.05, 0) is 67.1 Å². The van der Waals surface area contributed by atoms with Gasteiger partial charge in [-0.25, -0.2) is 9.97 Å². The second-order valence-electron chi connectivity index (χ2n) is 9.60. The van der Waals surface area contributed by atoms with E-state index in [0.717, 1.165) is 43.7 Å². The fourth-order valence-corrected chi connectivity index (χ4v) is 6.15. The summed E-state index contributed by atoms with van der Waals surface area (Å²) in [5, 5.41) is 7.06. The molecular formula is C22H27BrN6OS. The quantitative estimate of drug-likeness (QED) is 0.524. The number of fused-ring (bicyclic) bond motifs is 2. The van der Waals surface area contributed by atoms with Crippen molar-refractivity contribution in [1.29, 1.82) is 0 Å². The number of piperidine rings is 1. The molecule has 2 N–H and O–H groups in total. The second kappa shape index (κ2) is 7.72. The summed E-state index contributed by atoms with van der Waals surface area (Å²) in [7, 11) is 0. The highest BCUT2D eigenvalue weighted by Crippen LogP contribution is 2.52. The van der Waals surface area contributed by atoms with Gasteiger partial charge in [0.15, 0.2) is 10.3 Å². The first-order valence-electron chi connectivity index (χ1n) is 10.6. The Labute approximate surface area is 193 Å². The molecule has 5 rings (SSSR count). The molecule has 0 saturated carbocycles. The molecule has 0 unspecified atom stereocenters. The molecule has 3 aromatic rings.